The van der Waals surface area contributed by atoms with Gasteiger partial charge in [-0.1, -0.05) is 26.0 Å². The van der Waals surface area contributed by atoms with Gasteiger partial charge in [-0.05, 0) is 23.6 Å². The fourth-order valence-electron chi connectivity index (χ4n) is 4.27. The first kappa shape index (κ1) is 27.2. The highest BCUT2D eigenvalue weighted by atomic mass is 127. The molecule has 2 aliphatic heterocycles. The zero-order valence-corrected chi connectivity index (χ0v) is 21.9. The highest BCUT2D eigenvalue weighted by Gasteiger charge is 2.24. The van der Waals surface area contributed by atoms with Gasteiger partial charge in [-0.2, -0.15) is 0 Å². The number of guanidine groups is 1. The van der Waals surface area contributed by atoms with E-state index in [0.717, 1.165) is 50.9 Å². The number of morpholine rings is 2. The molecule has 2 saturated heterocycles. The standard InChI is InChI=1S/C23H38FN5O2.HI/c1-18(2)16-28-7-12-31-21(17-28)14-26-23(25-3)27-15-22(29-8-10-30-11-9-29)19-5-4-6-20(24)13-19;/h4-6,13,18,21-22H,7-12,14-17H2,1-3H3,(H2,25,26,27);1H. The first-order chi connectivity index (χ1) is 15.0. The second-order valence-corrected chi connectivity index (χ2v) is 8.70. The molecule has 2 N–H and O–H groups in total. The molecule has 0 bridgehead atoms. The number of hydrogen-bond donors (Lipinski definition) is 2. The zero-order chi connectivity index (χ0) is 22.1. The van der Waals surface area contributed by atoms with E-state index in [1.165, 1.54) is 6.07 Å². The number of halogens is 2. The van der Waals surface area contributed by atoms with E-state index in [2.05, 4.69) is 39.3 Å². The summed E-state index contributed by atoms with van der Waals surface area (Å²) < 4.78 is 25.3. The number of rotatable bonds is 8. The van der Waals surface area contributed by atoms with Gasteiger partial charge in [0.15, 0.2) is 5.96 Å². The van der Waals surface area contributed by atoms with Gasteiger partial charge >= 0.3 is 0 Å². The normalized spacial score (nSPS) is 21.8. The number of ether oxygens (including phenoxy) is 2. The molecule has 0 amide bonds. The maximum Gasteiger partial charge on any atom is 0.191 e. The van der Waals surface area contributed by atoms with Gasteiger partial charge < -0.3 is 20.1 Å². The van der Waals surface area contributed by atoms with Crippen LogP contribution in [-0.4, -0.2) is 94.5 Å². The molecule has 2 unspecified atom stereocenters. The molecule has 0 saturated carbocycles. The molecule has 2 atom stereocenters. The smallest absolute Gasteiger partial charge is 0.191 e. The minimum atomic E-state index is -0.210. The minimum Gasteiger partial charge on any atom is -0.379 e. The molecule has 32 heavy (non-hydrogen) atoms. The maximum absolute atomic E-state index is 13.9. The summed E-state index contributed by atoms with van der Waals surface area (Å²) in [4.78, 5) is 9.18. The van der Waals surface area contributed by atoms with E-state index in [0.29, 0.717) is 32.2 Å². The summed E-state index contributed by atoms with van der Waals surface area (Å²) in [6.45, 7) is 12.7. The number of benzene rings is 1. The van der Waals surface area contributed by atoms with E-state index >= 15 is 0 Å². The lowest BCUT2D eigenvalue weighted by Gasteiger charge is -2.35. The van der Waals surface area contributed by atoms with E-state index < -0.39 is 0 Å². The molecule has 7 nitrogen and oxygen atoms in total. The van der Waals surface area contributed by atoms with Crippen molar-refractivity contribution in [3.05, 3.63) is 35.6 Å². The lowest BCUT2D eigenvalue weighted by molar-refractivity contribution is -0.0284. The fraction of sp³-hybridized carbons (Fsp3) is 0.696. The quantitative estimate of drug-likeness (QED) is 0.288. The van der Waals surface area contributed by atoms with Gasteiger partial charge in [0.05, 0.1) is 32.0 Å². The van der Waals surface area contributed by atoms with Crippen molar-refractivity contribution in [3.63, 3.8) is 0 Å². The van der Waals surface area contributed by atoms with E-state index in [1.54, 1.807) is 19.2 Å². The highest BCUT2D eigenvalue weighted by Crippen LogP contribution is 2.22. The predicted molar refractivity (Wildman–Crippen MR) is 137 cm³/mol. The summed E-state index contributed by atoms with van der Waals surface area (Å²) in [6.07, 6.45) is 0.143. The summed E-state index contributed by atoms with van der Waals surface area (Å²) in [5, 5.41) is 6.84. The third-order valence-corrected chi connectivity index (χ3v) is 5.75. The topological polar surface area (TPSA) is 61.4 Å². The molecule has 2 fully saturated rings. The monoisotopic (exact) mass is 563 g/mol. The second kappa shape index (κ2) is 14.3. The van der Waals surface area contributed by atoms with Crippen molar-refractivity contribution >= 4 is 29.9 Å². The van der Waals surface area contributed by atoms with E-state index in [9.17, 15) is 4.39 Å². The van der Waals surface area contributed by atoms with Crippen molar-refractivity contribution < 1.29 is 13.9 Å². The van der Waals surface area contributed by atoms with Crippen LogP contribution < -0.4 is 10.6 Å². The first-order valence-electron chi connectivity index (χ1n) is 11.4. The Hall–Kier alpha value is -1.01. The van der Waals surface area contributed by atoms with Gasteiger partial charge in [-0.25, -0.2) is 4.39 Å². The second-order valence-electron chi connectivity index (χ2n) is 8.70. The van der Waals surface area contributed by atoms with Gasteiger partial charge in [0.25, 0.3) is 0 Å². The largest absolute Gasteiger partial charge is 0.379 e. The van der Waals surface area contributed by atoms with Gasteiger partial charge in [0.1, 0.15) is 5.82 Å². The summed E-state index contributed by atoms with van der Waals surface area (Å²) in [6, 6.07) is 6.91. The van der Waals surface area contributed by atoms with Crippen molar-refractivity contribution in [2.45, 2.75) is 26.0 Å². The van der Waals surface area contributed by atoms with Crippen LogP contribution in [0, 0.1) is 11.7 Å². The van der Waals surface area contributed by atoms with Gasteiger partial charge in [0.2, 0.25) is 0 Å². The number of nitrogens with zero attached hydrogens (tertiary/aromatic N) is 3. The van der Waals surface area contributed by atoms with Gasteiger partial charge in [-0.3, -0.25) is 14.8 Å². The number of nitrogens with one attached hydrogen (secondary N) is 2. The van der Waals surface area contributed by atoms with Crippen molar-refractivity contribution in [2.75, 3.05) is 72.7 Å². The Morgan fingerprint density at radius 3 is 2.66 bits per heavy atom. The van der Waals surface area contributed by atoms with Crippen LogP contribution in [0.1, 0.15) is 25.5 Å². The molecule has 2 heterocycles. The number of hydrogen-bond acceptors (Lipinski definition) is 5. The summed E-state index contributed by atoms with van der Waals surface area (Å²) >= 11 is 0. The lowest BCUT2D eigenvalue weighted by Crippen LogP contribution is -2.51. The van der Waals surface area contributed by atoms with Crippen molar-refractivity contribution in [3.8, 4) is 0 Å². The van der Waals surface area contributed by atoms with Crippen LogP contribution in [0.2, 0.25) is 0 Å². The molecule has 1 aromatic rings. The van der Waals surface area contributed by atoms with E-state index in [-0.39, 0.29) is 41.9 Å². The van der Waals surface area contributed by atoms with Crippen molar-refractivity contribution in [1.82, 2.24) is 20.4 Å². The van der Waals surface area contributed by atoms with Crippen LogP contribution in [0.25, 0.3) is 0 Å². The zero-order valence-electron chi connectivity index (χ0n) is 19.6. The third kappa shape index (κ3) is 8.74. The molecule has 0 aliphatic carbocycles. The van der Waals surface area contributed by atoms with E-state index in [4.69, 9.17) is 9.47 Å². The SMILES string of the molecule is CN=C(NCC1CN(CC(C)C)CCO1)NCC(c1cccc(F)c1)N1CCOCC1.I. The molecule has 3 rings (SSSR count). The molecule has 1 aromatic carbocycles. The molecular weight excluding hydrogens is 524 g/mol. The molecular formula is C23H39FIN5O2. The predicted octanol–water partition coefficient (Wildman–Crippen LogP) is 2.34. The molecule has 2 aliphatic rings. The summed E-state index contributed by atoms with van der Waals surface area (Å²) in [5.74, 6) is 1.18. The van der Waals surface area contributed by atoms with E-state index in [1.807, 2.05) is 6.07 Å². The van der Waals surface area contributed by atoms with Crippen LogP contribution in [0.3, 0.4) is 0 Å². The van der Waals surface area contributed by atoms with Crippen molar-refractivity contribution in [2.24, 2.45) is 10.9 Å². The van der Waals surface area contributed by atoms with Crippen LogP contribution in [0.15, 0.2) is 29.3 Å². The molecule has 9 heteroatoms. The van der Waals surface area contributed by atoms with Gasteiger partial charge in [-0.15, -0.1) is 24.0 Å². The number of aliphatic imine (C=N–C) groups is 1. The molecule has 0 aromatic heterocycles. The Bertz CT molecular complexity index is 703. The third-order valence-electron chi connectivity index (χ3n) is 5.75. The lowest BCUT2D eigenvalue weighted by atomic mass is 10.0. The Morgan fingerprint density at radius 2 is 1.97 bits per heavy atom. The Morgan fingerprint density at radius 1 is 1.19 bits per heavy atom. The van der Waals surface area contributed by atoms with Crippen LogP contribution in [0.4, 0.5) is 4.39 Å². The minimum absolute atomic E-state index is 0. The Labute approximate surface area is 209 Å². The molecule has 0 spiro atoms. The van der Waals surface area contributed by atoms with Crippen LogP contribution >= 0.6 is 24.0 Å². The highest BCUT2D eigenvalue weighted by molar-refractivity contribution is 14.0. The fourth-order valence-corrected chi connectivity index (χ4v) is 4.27. The first-order valence-corrected chi connectivity index (χ1v) is 11.4. The molecule has 182 valence electrons. The van der Waals surface area contributed by atoms with Gasteiger partial charge in [0, 0.05) is 52.9 Å². The summed E-state index contributed by atoms with van der Waals surface area (Å²) in [5.41, 5.74) is 0.963. The molecule has 0 radical (unpaired) electrons. The van der Waals surface area contributed by atoms with Crippen LogP contribution in [0.5, 0.6) is 0 Å². The van der Waals surface area contributed by atoms with Crippen molar-refractivity contribution in [1.29, 1.82) is 0 Å². The Balaban J connectivity index is 0.00000363. The summed E-state index contributed by atoms with van der Waals surface area (Å²) in [7, 11) is 1.77. The average Bonchev–Trinajstić information content (AvgIpc) is 2.76. The average molecular weight is 564 g/mol. The van der Waals surface area contributed by atoms with Crippen LogP contribution in [-0.2, 0) is 9.47 Å². The Kier molecular flexibility index (Phi) is 12.2. The maximum atomic E-state index is 13.9.